The minimum atomic E-state index is 0.788. The Hall–Kier alpha value is -0.0400. The van der Waals surface area contributed by atoms with Gasteiger partial charge in [-0.05, 0) is 62.8 Å². The van der Waals surface area contributed by atoms with Gasteiger partial charge in [0, 0.05) is 6.04 Å². The van der Waals surface area contributed by atoms with Crippen LogP contribution in [0.3, 0.4) is 0 Å². The quantitative estimate of drug-likeness (QED) is 0.774. The molecule has 0 aromatic rings. The van der Waals surface area contributed by atoms with Crippen molar-refractivity contribution in [3.63, 3.8) is 0 Å². The van der Waals surface area contributed by atoms with Gasteiger partial charge in [0.1, 0.15) is 0 Å². The molecule has 2 fully saturated rings. The summed E-state index contributed by atoms with van der Waals surface area (Å²) >= 11 is 0. The largest absolute Gasteiger partial charge is 0.317 e. The van der Waals surface area contributed by atoms with Crippen LogP contribution in [0.25, 0.3) is 0 Å². The lowest BCUT2D eigenvalue weighted by molar-refractivity contribution is 0.168. The number of rotatable bonds is 3. The van der Waals surface area contributed by atoms with Crippen molar-refractivity contribution in [3.05, 3.63) is 0 Å². The highest BCUT2D eigenvalue weighted by molar-refractivity contribution is 4.83. The summed E-state index contributed by atoms with van der Waals surface area (Å²) < 4.78 is 0. The predicted molar refractivity (Wildman–Crippen MR) is 75.1 cm³/mol. The molecule has 5 atom stereocenters. The van der Waals surface area contributed by atoms with Gasteiger partial charge in [-0.1, -0.05) is 33.1 Å². The predicted octanol–water partition coefficient (Wildman–Crippen LogP) is 4.23. The van der Waals surface area contributed by atoms with E-state index in [4.69, 9.17) is 0 Å². The second-order valence-electron chi connectivity index (χ2n) is 6.93. The van der Waals surface area contributed by atoms with Crippen LogP contribution in [-0.2, 0) is 0 Å². The fourth-order valence-electron chi connectivity index (χ4n) is 4.40. The maximum atomic E-state index is 3.48. The molecule has 100 valence electrons. The third-order valence-electron chi connectivity index (χ3n) is 5.36. The van der Waals surface area contributed by atoms with E-state index < -0.39 is 0 Å². The summed E-state index contributed by atoms with van der Waals surface area (Å²) in [5.74, 6) is 3.98. The maximum Gasteiger partial charge on any atom is 0.00898 e. The van der Waals surface area contributed by atoms with Crippen LogP contribution in [0, 0.1) is 23.7 Å². The smallest absolute Gasteiger partial charge is 0.00898 e. The van der Waals surface area contributed by atoms with Gasteiger partial charge in [-0.15, -0.1) is 0 Å². The van der Waals surface area contributed by atoms with Crippen LogP contribution in [-0.4, -0.2) is 13.1 Å². The lowest BCUT2D eigenvalue weighted by Crippen LogP contribution is -2.37. The maximum absolute atomic E-state index is 3.48. The molecule has 0 bridgehead atoms. The monoisotopic (exact) mass is 237 g/mol. The van der Waals surface area contributed by atoms with E-state index in [-0.39, 0.29) is 0 Å². The van der Waals surface area contributed by atoms with E-state index in [9.17, 15) is 0 Å². The normalized spacial score (nSPS) is 43.6. The van der Waals surface area contributed by atoms with Crippen molar-refractivity contribution < 1.29 is 0 Å². The molecule has 0 amide bonds. The van der Waals surface area contributed by atoms with E-state index in [1.165, 1.54) is 51.4 Å². The van der Waals surface area contributed by atoms with Gasteiger partial charge in [0.15, 0.2) is 0 Å². The van der Waals surface area contributed by atoms with Gasteiger partial charge in [0.05, 0.1) is 0 Å². The zero-order valence-electron chi connectivity index (χ0n) is 12.0. The summed E-state index contributed by atoms with van der Waals surface area (Å²) in [7, 11) is 2.13. The lowest BCUT2D eigenvalue weighted by atomic mass is 9.72. The first-order valence-electron chi connectivity index (χ1n) is 7.86. The van der Waals surface area contributed by atoms with Crippen molar-refractivity contribution in [3.8, 4) is 0 Å². The first-order chi connectivity index (χ1) is 8.19. The van der Waals surface area contributed by atoms with Crippen LogP contribution in [0.1, 0.15) is 65.2 Å². The molecular formula is C16H31N. The lowest BCUT2D eigenvalue weighted by Gasteiger charge is -2.37. The minimum Gasteiger partial charge on any atom is -0.317 e. The van der Waals surface area contributed by atoms with Gasteiger partial charge in [-0.2, -0.15) is 0 Å². The Morgan fingerprint density at radius 2 is 1.71 bits per heavy atom. The van der Waals surface area contributed by atoms with E-state index in [0.717, 1.165) is 29.7 Å². The third kappa shape index (κ3) is 3.71. The third-order valence-corrected chi connectivity index (χ3v) is 5.36. The Balaban J connectivity index is 1.76. The number of hydrogen-bond donors (Lipinski definition) is 1. The molecular weight excluding hydrogens is 206 g/mol. The van der Waals surface area contributed by atoms with Crippen LogP contribution >= 0.6 is 0 Å². The summed E-state index contributed by atoms with van der Waals surface area (Å²) in [6.45, 7) is 4.89. The van der Waals surface area contributed by atoms with E-state index in [1.807, 2.05) is 0 Å². The van der Waals surface area contributed by atoms with Crippen molar-refractivity contribution >= 4 is 0 Å². The van der Waals surface area contributed by atoms with Gasteiger partial charge in [0.25, 0.3) is 0 Å². The molecule has 2 saturated carbocycles. The van der Waals surface area contributed by atoms with Crippen LogP contribution in [0.5, 0.6) is 0 Å². The van der Waals surface area contributed by atoms with Gasteiger partial charge in [0.2, 0.25) is 0 Å². The van der Waals surface area contributed by atoms with E-state index in [0.29, 0.717) is 0 Å². The fourth-order valence-corrected chi connectivity index (χ4v) is 4.40. The van der Waals surface area contributed by atoms with Crippen molar-refractivity contribution in [2.75, 3.05) is 7.05 Å². The SMILES string of the molecule is CNC1CCC(CC2CCCC(C)C2)CC1C. The average Bonchev–Trinajstić information content (AvgIpc) is 2.29. The van der Waals surface area contributed by atoms with Gasteiger partial charge < -0.3 is 5.32 Å². The van der Waals surface area contributed by atoms with E-state index in [1.54, 1.807) is 0 Å². The molecule has 0 aromatic carbocycles. The molecule has 5 unspecified atom stereocenters. The summed E-state index contributed by atoms with van der Waals surface area (Å²) in [4.78, 5) is 0. The Bertz CT molecular complexity index is 226. The molecule has 2 rings (SSSR count). The summed E-state index contributed by atoms with van der Waals surface area (Å²) in [6.07, 6.45) is 11.9. The zero-order chi connectivity index (χ0) is 12.3. The first kappa shape index (κ1) is 13.4. The Kier molecular flexibility index (Phi) is 4.90. The first-order valence-corrected chi connectivity index (χ1v) is 7.86. The molecule has 2 aliphatic rings. The molecule has 0 spiro atoms. The molecule has 0 aromatic heterocycles. The van der Waals surface area contributed by atoms with Crippen LogP contribution in [0.2, 0.25) is 0 Å². The molecule has 0 radical (unpaired) electrons. The van der Waals surface area contributed by atoms with Gasteiger partial charge in [-0.25, -0.2) is 0 Å². The van der Waals surface area contributed by atoms with Crippen LogP contribution < -0.4 is 5.32 Å². The summed E-state index contributed by atoms with van der Waals surface area (Å²) in [5, 5.41) is 3.48. The van der Waals surface area contributed by atoms with Crippen molar-refractivity contribution in [2.24, 2.45) is 23.7 Å². The molecule has 17 heavy (non-hydrogen) atoms. The highest BCUT2D eigenvalue weighted by atomic mass is 14.9. The fraction of sp³-hybridized carbons (Fsp3) is 1.00. The highest BCUT2D eigenvalue weighted by Gasteiger charge is 2.29. The molecule has 0 aliphatic heterocycles. The van der Waals surface area contributed by atoms with Crippen LogP contribution in [0.15, 0.2) is 0 Å². The molecule has 1 nitrogen and oxygen atoms in total. The molecule has 0 heterocycles. The Morgan fingerprint density at radius 3 is 2.35 bits per heavy atom. The van der Waals surface area contributed by atoms with E-state index in [2.05, 4.69) is 26.2 Å². The summed E-state index contributed by atoms with van der Waals surface area (Å²) in [5.41, 5.74) is 0. The molecule has 0 saturated heterocycles. The highest BCUT2D eigenvalue weighted by Crippen LogP contribution is 2.38. The average molecular weight is 237 g/mol. The molecule has 2 aliphatic carbocycles. The zero-order valence-corrected chi connectivity index (χ0v) is 12.0. The standard InChI is InChI=1S/C16H31N/c1-12-5-4-6-14(9-12)11-15-7-8-16(17-3)13(2)10-15/h12-17H,4-11H2,1-3H3. The van der Waals surface area contributed by atoms with Crippen molar-refractivity contribution in [1.82, 2.24) is 5.32 Å². The minimum absolute atomic E-state index is 0.788. The molecule has 1 heteroatoms. The Morgan fingerprint density at radius 1 is 0.941 bits per heavy atom. The van der Waals surface area contributed by atoms with Crippen molar-refractivity contribution in [2.45, 2.75) is 71.3 Å². The van der Waals surface area contributed by atoms with Crippen LogP contribution in [0.4, 0.5) is 0 Å². The van der Waals surface area contributed by atoms with Gasteiger partial charge >= 0.3 is 0 Å². The molecule has 1 N–H and O–H groups in total. The van der Waals surface area contributed by atoms with Gasteiger partial charge in [-0.3, -0.25) is 0 Å². The number of hydrogen-bond acceptors (Lipinski definition) is 1. The second-order valence-corrected chi connectivity index (χ2v) is 6.93. The topological polar surface area (TPSA) is 12.0 Å². The summed E-state index contributed by atoms with van der Waals surface area (Å²) in [6, 6.07) is 0.788. The van der Waals surface area contributed by atoms with E-state index >= 15 is 0 Å². The number of nitrogens with one attached hydrogen (secondary N) is 1. The van der Waals surface area contributed by atoms with Crippen molar-refractivity contribution in [1.29, 1.82) is 0 Å². The Labute approximate surface area is 108 Å². The second kappa shape index (κ2) is 6.22.